The predicted octanol–water partition coefficient (Wildman–Crippen LogP) is -1.06. The van der Waals surface area contributed by atoms with Crippen molar-refractivity contribution in [3.8, 4) is 0 Å². The van der Waals surface area contributed by atoms with E-state index in [0.717, 1.165) is 0 Å². The van der Waals surface area contributed by atoms with E-state index in [-0.39, 0.29) is 19.2 Å². The van der Waals surface area contributed by atoms with Crippen LogP contribution >= 0.6 is 0 Å². The number of rotatable bonds is 2. The van der Waals surface area contributed by atoms with E-state index in [9.17, 15) is 0 Å². The Morgan fingerprint density at radius 1 is 1.88 bits per heavy atom. The summed E-state index contributed by atoms with van der Waals surface area (Å²) in [7, 11) is 1.52. The average Bonchev–Trinajstić information content (AvgIpc) is 1.83. The second kappa shape index (κ2) is 4.39. The Balaban J connectivity index is 3.12. The maximum Gasteiger partial charge on any atom is 0.281 e. The van der Waals surface area contributed by atoms with E-state index in [1.807, 2.05) is 0 Å². The number of aliphatic hydroxyl groups is 1. The van der Waals surface area contributed by atoms with Crippen molar-refractivity contribution in [2.45, 2.75) is 0 Å². The van der Waals surface area contributed by atoms with Crippen molar-refractivity contribution in [1.82, 2.24) is 0 Å². The van der Waals surface area contributed by atoms with E-state index in [4.69, 9.17) is 10.8 Å². The average molecular weight is 118 g/mol. The van der Waals surface area contributed by atoms with Crippen LogP contribution < -0.4 is 5.73 Å². The maximum atomic E-state index is 8.18. The summed E-state index contributed by atoms with van der Waals surface area (Å²) in [6, 6.07) is 0.110. The van der Waals surface area contributed by atoms with Gasteiger partial charge in [-0.3, -0.25) is 0 Å². The zero-order chi connectivity index (χ0) is 6.41. The molecule has 0 atom stereocenters. The summed E-state index contributed by atoms with van der Waals surface area (Å²) in [5, 5.41) is 8.18. The van der Waals surface area contributed by atoms with E-state index in [0.29, 0.717) is 0 Å². The van der Waals surface area contributed by atoms with Crippen molar-refractivity contribution in [2.75, 3.05) is 20.3 Å². The first-order chi connectivity index (χ1) is 3.81. The number of amidine groups is 1. The molecule has 0 heterocycles. The molecule has 0 bridgehead atoms. The second-order valence-electron chi connectivity index (χ2n) is 1.13. The summed E-state index contributed by atoms with van der Waals surface area (Å²) in [5.74, 6) is 0. The van der Waals surface area contributed by atoms with Crippen molar-refractivity contribution < 1.29 is 9.84 Å². The fraction of sp³-hybridized carbons (Fsp3) is 0.750. The van der Waals surface area contributed by atoms with Gasteiger partial charge in [0.05, 0.1) is 6.61 Å². The van der Waals surface area contributed by atoms with Gasteiger partial charge in [-0.15, -0.1) is 0 Å². The van der Waals surface area contributed by atoms with Gasteiger partial charge >= 0.3 is 0 Å². The molecule has 0 radical (unpaired) electrons. The lowest BCUT2D eigenvalue weighted by Gasteiger charge is -1.98. The highest BCUT2D eigenvalue weighted by Gasteiger charge is 1.85. The van der Waals surface area contributed by atoms with Gasteiger partial charge in [0.25, 0.3) is 6.02 Å². The van der Waals surface area contributed by atoms with Crippen LogP contribution in [0.4, 0.5) is 0 Å². The maximum absolute atomic E-state index is 8.18. The first-order valence-corrected chi connectivity index (χ1v) is 2.27. The van der Waals surface area contributed by atoms with Crippen molar-refractivity contribution >= 4 is 6.02 Å². The molecule has 0 aromatic rings. The Labute approximate surface area is 48.0 Å². The normalized spacial score (nSPS) is 11.5. The number of nitrogens with two attached hydrogens (primary N) is 1. The summed E-state index contributed by atoms with van der Waals surface area (Å²) in [6.45, 7) is 0.180. The van der Waals surface area contributed by atoms with Crippen LogP contribution in [0.3, 0.4) is 0 Å². The Hall–Kier alpha value is -0.770. The summed E-state index contributed by atoms with van der Waals surface area (Å²) >= 11 is 0. The number of hydrogen-bond donors (Lipinski definition) is 2. The largest absolute Gasteiger partial charge is 0.463 e. The quantitative estimate of drug-likeness (QED) is 0.358. The Bertz CT molecular complexity index is 82.1. The first-order valence-electron chi connectivity index (χ1n) is 2.27. The van der Waals surface area contributed by atoms with Crippen molar-refractivity contribution in [2.24, 2.45) is 10.7 Å². The van der Waals surface area contributed by atoms with E-state index < -0.39 is 0 Å². The lowest BCUT2D eigenvalue weighted by Crippen LogP contribution is -2.17. The topological polar surface area (TPSA) is 67.8 Å². The molecule has 0 saturated carbocycles. The van der Waals surface area contributed by atoms with Gasteiger partial charge in [0.2, 0.25) is 0 Å². The van der Waals surface area contributed by atoms with Crippen LogP contribution in [0.5, 0.6) is 0 Å². The molecule has 0 aliphatic carbocycles. The van der Waals surface area contributed by atoms with Crippen LogP contribution in [-0.2, 0) is 4.74 Å². The SMILES string of the molecule is CN=C(N)OCCO. The highest BCUT2D eigenvalue weighted by molar-refractivity contribution is 5.70. The minimum absolute atomic E-state index is 0.0315. The third kappa shape index (κ3) is 3.42. The minimum atomic E-state index is -0.0315. The number of aliphatic hydroxyl groups excluding tert-OH is 1. The standard InChI is InChI=1S/C4H10N2O2/c1-6-4(5)8-3-2-7/h7H,2-3H2,1H3,(H2,5,6). The molecule has 3 N–H and O–H groups in total. The molecule has 4 nitrogen and oxygen atoms in total. The van der Waals surface area contributed by atoms with Crippen LogP contribution in [0.1, 0.15) is 0 Å². The van der Waals surface area contributed by atoms with E-state index in [2.05, 4.69) is 9.73 Å². The lowest BCUT2D eigenvalue weighted by molar-refractivity contribution is 0.191. The molecule has 0 aromatic heterocycles. The van der Waals surface area contributed by atoms with E-state index >= 15 is 0 Å². The Morgan fingerprint density at radius 2 is 2.50 bits per heavy atom. The predicted molar refractivity (Wildman–Crippen MR) is 30.6 cm³/mol. The van der Waals surface area contributed by atoms with Gasteiger partial charge in [-0.05, 0) is 0 Å². The summed E-state index contributed by atoms with van der Waals surface area (Å²) < 4.78 is 4.62. The monoisotopic (exact) mass is 118 g/mol. The summed E-state index contributed by atoms with van der Waals surface area (Å²) in [5.41, 5.74) is 5.08. The molecule has 0 spiro atoms. The van der Waals surface area contributed by atoms with E-state index in [1.54, 1.807) is 0 Å². The van der Waals surface area contributed by atoms with Gasteiger partial charge in [-0.1, -0.05) is 0 Å². The van der Waals surface area contributed by atoms with Crippen molar-refractivity contribution in [1.29, 1.82) is 0 Å². The van der Waals surface area contributed by atoms with E-state index in [1.165, 1.54) is 7.05 Å². The van der Waals surface area contributed by atoms with Crippen molar-refractivity contribution in [3.05, 3.63) is 0 Å². The summed E-state index contributed by atoms with van der Waals surface area (Å²) in [6.07, 6.45) is 0. The smallest absolute Gasteiger partial charge is 0.281 e. The minimum Gasteiger partial charge on any atom is -0.463 e. The second-order valence-corrected chi connectivity index (χ2v) is 1.13. The highest BCUT2D eigenvalue weighted by Crippen LogP contribution is 1.70. The zero-order valence-electron chi connectivity index (χ0n) is 4.79. The number of aliphatic imine (C=N–C) groups is 1. The van der Waals surface area contributed by atoms with Gasteiger partial charge < -0.3 is 15.6 Å². The van der Waals surface area contributed by atoms with Gasteiger partial charge in [0.1, 0.15) is 6.61 Å². The molecule has 0 aliphatic heterocycles. The molecule has 0 amide bonds. The molecule has 0 rings (SSSR count). The van der Waals surface area contributed by atoms with Gasteiger partial charge in [0.15, 0.2) is 0 Å². The number of ether oxygens (including phenoxy) is 1. The molecule has 0 aromatic carbocycles. The molecule has 0 saturated heterocycles. The van der Waals surface area contributed by atoms with Gasteiger partial charge in [-0.2, -0.15) is 0 Å². The number of nitrogens with zero attached hydrogens (tertiary/aromatic N) is 1. The molecular formula is C4H10N2O2. The Morgan fingerprint density at radius 3 is 2.88 bits per heavy atom. The molecule has 4 heteroatoms. The lowest BCUT2D eigenvalue weighted by atomic mass is 10.8. The van der Waals surface area contributed by atoms with Crippen LogP contribution in [0.25, 0.3) is 0 Å². The highest BCUT2D eigenvalue weighted by atomic mass is 16.5. The fourth-order valence-corrected chi connectivity index (χ4v) is 0.215. The fourth-order valence-electron chi connectivity index (χ4n) is 0.215. The molecule has 8 heavy (non-hydrogen) atoms. The Kier molecular flexibility index (Phi) is 3.97. The molecule has 0 aliphatic rings. The van der Waals surface area contributed by atoms with Crippen molar-refractivity contribution in [3.63, 3.8) is 0 Å². The summed E-state index contributed by atoms with van der Waals surface area (Å²) in [4.78, 5) is 3.49. The van der Waals surface area contributed by atoms with Crippen LogP contribution in [-0.4, -0.2) is 31.4 Å². The zero-order valence-corrected chi connectivity index (χ0v) is 4.79. The van der Waals surface area contributed by atoms with Gasteiger partial charge in [-0.25, -0.2) is 4.99 Å². The van der Waals surface area contributed by atoms with Gasteiger partial charge in [0, 0.05) is 7.05 Å². The van der Waals surface area contributed by atoms with Crippen LogP contribution in [0.15, 0.2) is 4.99 Å². The third-order valence-corrected chi connectivity index (χ3v) is 0.562. The number of hydrogen-bond acceptors (Lipinski definition) is 3. The molecular weight excluding hydrogens is 108 g/mol. The third-order valence-electron chi connectivity index (χ3n) is 0.562. The van der Waals surface area contributed by atoms with Crippen LogP contribution in [0.2, 0.25) is 0 Å². The first kappa shape index (κ1) is 7.23. The molecule has 0 fully saturated rings. The molecule has 0 unspecified atom stereocenters. The van der Waals surface area contributed by atoms with Crippen LogP contribution in [0, 0.1) is 0 Å². The molecule has 48 valence electrons.